The molecule has 1 aliphatic rings. The Kier molecular flexibility index (Phi) is 23.6. The van der Waals surface area contributed by atoms with Crippen molar-refractivity contribution >= 4 is 23.9 Å². The van der Waals surface area contributed by atoms with Crippen molar-refractivity contribution in [1.29, 1.82) is 0 Å². The van der Waals surface area contributed by atoms with Gasteiger partial charge in [0.1, 0.15) is 0 Å². The molecular weight excluding hydrogens is 608 g/mol. The Bertz CT molecular complexity index is 764. The molecule has 1 saturated carbocycles. The van der Waals surface area contributed by atoms with Crippen LogP contribution in [-0.4, -0.2) is 36.5 Å². The third kappa shape index (κ3) is 15.6. The Morgan fingerprint density at radius 1 is 0.417 bits per heavy atom. The summed E-state index contributed by atoms with van der Waals surface area (Å²) in [6, 6.07) is 0. The Labute approximate surface area is 293 Å². The molecule has 0 radical (unpaired) electrons. The Morgan fingerprint density at radius 2 is 0.625 bits per heavy atom. The minimum absolute atomic E-state index is 0.186. The van der Waals surface area contributed by atoms with Gasteiger partial charge in [-0.3, -0.25) is 19.2 Å². The van der Waals surface area contributed by atoms with Crippen molar-refractivity contribution in [3.63, 3.8) is 0 Å². The number of esters is 4. The molecule has 1 rings (SSSR count). The maximum Gasteiger partial charge on any atom is 0.312 e. The monoisotopic (exact) mass is 681 g/mol. The molecule has 48 heavy (non-hydrogen) atoms. The molecule has 0 aromatic heterocycles. The van der Waals surface area contributed by atoms with Gasteiger partial charge in [0.05, 0.1) is 23.7 Å². The quantitative estimate of drug-likeness (QED) is 0.0656. The highest BCUT2D eigenvalue weighted by atomic mass is 16.7. The van der Waals surface area contributed by atoms with Crippen LogP contribution in [0.15, 0.2) is 0 Å². The highest BCUT2D eigenvalue weighted by Gasteiger charge is 2.40. The second-order valence-electron chi connectivity index (χ2n) is 14.1. The van der Waals surface area contributed by atoms with Gasteiger partial charge in [-0.05, 0) is 77.0 Å². The molecule has 0 amide bonds. The third-order valence-electron chi connectivity index (χ3n) is 10.4. The number of carbonyl (C=O) groups is 4. The van der Waals surface area contributed by atoms with E-state index in [1.54, 1.807) is 0 Å². The van der Waals surface area contributed by atoms with Crippen LogP contribution >= 0.6 is 0 Å². The minimum Gasteiger partial charge on any atom is -0.425 e. The zero-order valence-electron chi connectivity index (χ0n) is 32.0. The first-order valence-electron chi connectivity index (χ1n) is 20.0. The average Bonchev–Trinajstić information content (AvgIpc) is 3.09. The van der Waals surface area contributed by atoms with E-state index >= 15 is 0 Å². The summed E-state index contributed by atoms with van der Waals surface area (Å²) in [5.41, 5.74) is 0. The fourth-order valence-corrected chi connectivity index (χ4v) is 6.72. The molecule has 8 nitrogen and oxygen atoms in total. The van der Waals surface area contributed by atoms with Crippen LogP contribution in [0.2, 0.25) is 0 Å². The van der Waals surface area contributed by atoms with Gasteiger partial charge in [0.2, 0.25) is 12.6 Å². The van der Waals surface area contributed by atoms with Gasteiger partial charge < -0.3 is 18.9 Å². The molecule has 0 spiro atoms. The summed E-state index contributed by atoms with van der Waals surface area (Å²) in [4.78, 5) is 53.4. The normalized spacial score (nSPS) is 20.1. The number of carbonyl (C=O) groups excluding carboxylic acids is 4. The smallest absolute Gasteiger partial charge is 0.312 e. The Morgan fingerprint density at radius 3 is 0.792 bits per heavy atom. The van der Waals surface area contributed by atoms with E-state index in [9.17, 15) is 19.2 Å². The zero-order valence-corrected chi connectivity index (χ0v) is 32.0. The number of hydrogen-bond acceptors (Lipinski definition) is 8. The number of ether oxygens (including phenoxy) is 4. The van der Waals surface area contributed by atoms with Crippen LogP contribution < -0.4 is 0 Å². The van der Waals surface area contributed by atoms with Gasteiger partial charge in [-0.1, -0.05) is 107 Å². The summed E-state index contributed by atoms with van der Waals surface area (Å²) in [6.07, 6.45) is 13.9. The van der Waals surface area contributed by atoms with E-state index < -0.39 is 12.6 Å². The molecule has 0 bridgehead atoms. The lowest BCUT2D eigenvalue weighted by Gasteiger charge is -2.36. The van der Waals surface area contributed by atoms with Gasteiger partial charge in [-0.2, -0.15) is 0 Å². The molecule has 0 saturated heterocycles. The van der Waals surface area contributed by atoms with Gasteiger partial charge in [0, 0.05) is 11.8 Å². The van der Waals surface area contributed by atoms with Gasteiger partial charge in [0.25, 0.3) is 0 Å². The zero-order chi connectivity index (χ0) is 35.9. The molecule has 4 unspecified atom stereocenters. The maximum atomic E-state index is 13.3. The van der Waals surface area contributed by atoms with Crippen LogP contribution in [0.3, 0.4) is 0 Å². The van der Waals surface area contributed by atoms with Crippen LogP contribution in [0, 0.1) is 35.5 Å². The van der Waals surface area contributed by atoms with E-state index in [1.165, 1.54) is 0 Å². The van der Waals surface area contributed by atoms with Crippen molar-refractivity contribution in [3.8, 4) is 0 Å². The Hall–Kier alpha value is -2.12. The van der Waals surface area contributed by atoms with Crippen LogP contribution in [-0.2, 0) is 38.1 Å². The van der Waals surface area contributed by atoms with E-state index in [0.717, 1.165) is 77.0 Å². The van der Waals surface area contributed by atoms with Crippen LogP contribution in [0.1, 0.15) is 184 Å². The topological polar surface area (TPSA) is 105 Å². The minimum atomic E-state index is -0.960. The van der Waals surface area contributed by atoms with Crippen molar-refractivity contribution in [1.82, 2.24) is 0 Å². The highest BCUT2D eigenvalue weighted by molar-refractivity contribution is 5.75. The van der Waals surface area contributed by atoms with Gasteiger partial charge in [-0.25, -0.2) is 0 Å². The van der Waals surface area contributed by atoms with Crippen LogP contribution in [0.5, 0.6) is 0 Å². The van der Waals surface area contributed by atoms with E-state index in [4.69, 9.17) is 18.9 Å². The number of rotatable bonds is 26. The molecule has 1 fully saturated rings. The van der Waals surface area contributed by atoms with Gasteiger partial charge in [0.15, 0.2) is 0 Å². The summed E-state index contributed by atoms with van der Waals surface area (Å²) in [5, 5.41) is 0. The van der Waals surface area contributed by atoms with E-state index in [2.05, 4.69) is 27.7 Å². The molecule has 1 aliphatic carbocycles. The van der Waals surface area contributed by atoms with Gasteiger partial charge >= 0.3 is 23.9 Å². The molecule has 0 aliphatic heterocycles. The van der Waals surface area contributed by atoms with Gasteiger partial charge in [-0.15, -0.1) is 0 Å². The standard InChI is InChI=1S/C40H72O8/c1-9-17-21-29(13-5)35(41)45-39(46-36(42)30(14-6)22-18-10-2)33-25-27-34(28-26-33)40(47-37(43)31(15-7)23-19-11-3)48-38(44)32(16-8)24-20-12-4/h29-34,39-40H,9-28H2,1-8H3. The lowest BCUT2D eigenvalue weighted by molar-refractivity contribution is -0.217. The molecule has 280 valence electrons. The molecular formula is C40H72O8. The van der Waals surface area contributed by atoms with Crippen molar-refractivity contribution in [2.45, 2.75) is 196 Å². The third-order valence-corrected chi connectivity index (χ3v) is 10.4. The average molecular weight is 681 g/mol. The summed E-state index contributed by atoms with van der Waals surface area (Å²) in [7, 11) is 0. The molecule has 8 heteroatoms. The van der Waals surface area contributed by atoms with Crippen molar-refractivity contribution in [2.75, 3.05) is 0 Å². The fourth-order valence-electron chi connectivity index (χ4n) is 6.72. The van der Waals surface area contributed by atoms with E-state index in [-0.39, 0.29) is 59.4 Å². The van der Waals surface area contributed by atoms with Crippen molar-refractivity contribution < 1.29 is 38.1 Å². The highest BCUT2D eigenvalue weighted by Crippen LogP contribution is 2.37. The van der Waals surface area contributed by atoms with Crippen molar-refractivity contribution in [3.05, 3.63) is 0 Å². The summed E-state index contributed by atoms with van der Waals surface area (Å²) in [5.74, 6) is -2.50. The van der Waals surface area contributed by atoms with Crippen molar-refractivity contribution in [2.24, 2.45) is 35.5 Å². The lowest BCUT2D eigenvalue weighted by Crippen LogP contribution is -2.41. The van der Waals surface area contributed by atoms with Crippen LogP contribution in [0.4, 0.5) is 0 Å². The molecule has 4 atom stereocenters. The predicted molar refractivity (Wildman–Crippen MR) is 191 cm³/mol. The first kappa shape index (κ1) is 43.9. The largest absolute Gasteiger partial charge is 0.425 e. The molecule has 0 N–H and O–H groups in total. The first-order chi connectivity index (χ1) is 23.1. The maximum absolute atomic E-state index is 13.3. The SMILES string of the molecule is CCCCC(CC)C(=O)OC(OC(=O)C(CC)CCCC)C1CCC(C(OC(=O)C(CC)CCCC)OC(=O)C(CC)CCCC)CC1. The summed E-state index contributed by atoms with van der Waals surface area (Å²) >= 11 is 0. The molecule has 0 aromatic carbocycles. The van der Waals surface area contributed by atoms with E-state index in [1.807, 2.05) is 27.7 Å². The second kappa shape index (κ2) is 25.8. The van der Waals surface area contributed by atoms with Crippen LogP contribution in [0.25, 0.3) is 0 Å². The number of unbranched alkanes of at least 4 members (excludes halogenated alkanes) is 4. The second-order valence-corrected chi connectivity index (χ2v) is 14.1. The lowest BCUT2D eigenvalue weighted by atomic mass is 9.81. The predicted octanol–water partition coefficient (Wildman–Crippen LogP) is 10.5. The molecule has 0 aromatic rings. The molecule has 0 heterocycles. The van der Waals surface area contributed by atoms with E-state index in [0.29, 0.717) is 51.4 Å². The summed E-state index contributed by atoms with van der Waals surface area (Å²) in [6.45, 7) is 16.4. The fraction of sp³-hybridized carbons (Fsp3) is 0.900. The Balaban J connectivity index is 3.20. The summed E-state index contributed by atoms with van der Waals surface area (Å²) < 4.78 is 24.2. The number of hydrogen-bond donors (Lipinski definition) is 0. The first-order valence-corrected chi connectivity index (χ1v) is 20.0.